The van der Waals surface area contributed by atoms with Crippen molar-refractivity contribution in [2.45, 2.75) is 57.8 Å². The number of ketones is 2. The molecule has 4 nitrogen and oxygen atoms in total. The molecule has 0 amide bonds. The minimum atomic E-state index is -2.67. The first kappa shape index (κ1) is 23.2. The molecule has 6 heteroatoms. The maximum Gasteiger partial charge on any atom is 0.263 e. The van der Waals surface area contributed by atoms with Crippen molar-refractivity contribution < 1.29 is 18.4 Å². The Bertz CT molecular complexity index is 900. The van der Waals surface area contributed by atoms with Crippen molar-refractivity contribution >= 4 is 11.6 Å². The summed E-state index contributed by atoms with van der Waals surface area (Å²) in [6.07, 6.45) is 3.19. The average Bonchev–Trinajstić information content (AvgIpc) is 2.77. The third-order valence-electron chi connectivity index (χ3n) is 5.87. The van der Waals surface area contributed by atoms with Crippen LogP contribution < -0.4 is 5.32 Å². The van der Waals surface area contributed by atoms with Crippen molar-refractivity contribution in [3.05, 3.63) is 65.0 Å². The fourth-order valence-corrected chi connectivity index (χ4v) is 4.03. The van der Waals surface area contributed by atoms with E-state index in [2.05, 4.69) is 10.3 Å². The number of carbonyl (C=O) groups excluding carboxylic acids is 2. The number of nitrogens with zero attached hydrogens (tertiary/aromatic N) is 1. The van der Waals surface area contributed by atoms with Crippen molar-refractivity contribution in [2.75, 3.05) is 13.1 Å². The largest absolute Gasteiger partial charge is 0.311 e. The molecular weight excluding hydrogens is 398 g/mol. The highest BCUT2D eigenvalue weighted by atomic mass is 19.3. The number of hydrogen-bond acceptors (Lipinski definition) is 4. The molecule has 1 fully saturated rings. The van der Waals surface area contributed by atoms with Crippen LogP contribution in [0.2, 0.25) is 0 Å². The first-order chi connectivity index (χ1) is 14.9. The molecule has 0 radical (unpaired) electrons. The topological polar surface area (TPSA) is 59.1 Å². The monoisotopic (exact) mass is 428 g/mol. The van der Waals surface area contributed by atoms with Crippen LogP contribution in [-0.2, 0) is 6.42 Å². The van der Waals surface area contributed by atoms with Crippen LogP contribution >= 0.6 is 0 Å². The minimum Gasteiger partial charge on any atom is -0.311 e. The molecule has 166 valence electrons. The van der Waals surface area contributed by atoms with Crippen LogP contribution in [0.1, 0.15) is 77.6 Å². The van der Waals surface area contributed by atoms with Gasteiger partial charge in [0.05, 0.1) is 6.54 Å². The molecule has 1 aliphatic rings. The molecule has 0 saturated carbocycles. The second kappa shape index (κ2) is 10.7. The zero-order chi connectivity index (χ0) is 22.3. The highest BCUT2D eigenvalue weighted by Gasteiger charge is 2.40. The number of alkyl halides is 2. The van der Waals surface area contributed by atoms with Gasteiger partial charge in [-0.3, -0.25) is 9.59 Å². The van der Waals surface area contributed by atoms with Crippen LogP contribution in [0.4, 0.5) is 8.78 Å². The SMILES string of the molecule is CCC(=O)c1cc(C(=O)CCCCC2CCNCC2(F)F)cc(Cc2ccccc2)n1. The first-order valence-corrected chi connectivity index (χ1v) is 11.1. The van der Waals surface area contributed by atoms with Gasteiger partial charge in [-0.2, -0.15) is 0 Å². The summed E-state index contributed by atoms with van der Waals surface area (Å²) in [7, 11) is 0. The Morgan fingerprint density at radius 1 is 1.13 bits per heavy atom. The molecule has 1 aromatic heterocycles. The second-order valence-electron chi connectivity index (χ2n) is 8.26. The van der Waals surface area contributed by atoms with E-state index < -0.39 is 11.8 Å². The minimum absolute atomic E-state index is 0.0704. The number of halogens is 2. The van der Waals surface area contributed by atoms with Gasteiger partial charge >= 0.3 is 0 Å². The fraction of sp³-hybridized carbons (Fsp3) is 0.480. The zero-order valence-electron chi connectivity index (χ0n) is 18.0. The molecule has 1 atom stereocenters. The van der Waals surface area contributed by atoms with Crippen LogP contribution in [0.5, 0.6) is 0 Å². The number of pyridine rings is 1. The van der Waals surface area contributed by atoms with E-state index in [0.29, 0.717) is 62.0 Å². The molecule has 1 unspecified atom stereocenters. The maximum atomic E-state index is 13.9. The number of aromatic nitrogens is 1. The number of rotatable bonds is 10. The van der Waals surface area contributed by atoms with E-state index in [1.807, 2.05) is 30.3 Å². The van der Waals surface area contributed by atoms with Crippen LogP contribution in [-0.4, -0.2) is 35.6 Å². The molecule has 1 N–H and O–H groups in total. The lowest BCUT2D eigenvalue weighted by Gasteiger charge is -2.31. The van der Waals surface area contributed by atoms with Crippen molar-refractivity contribution in [1.29, 1.82) is 0 Å². The van der Waals surface area contributed by atoms with Gasteiger partial charge in [0.2, 0.25) is 0 Å². The van der Waals surface area contributed by atoms with E-state index >= 15 is 0 Å². The summed E-state index contributed by atoms with van der Waals surface area (Å²) < 4.78 is 27.9. The van der Waals surface area contributed by atoms with Gasteiger partial charge in [-0.1, -0.05) is 43.7 Å². The smallest absolute Gasteiger partial charge is 0.263 e. The Hall–Kier alpha value is -2.47. The molecular formula is C25H30F2N2O2. The maximum absolute atomic E-state index is 13.9. The number of benzene rings is 1. The fourth-order valence-electron chi connectivity index (χ4n) is 4.03. The normalized spacial score (nSPS) is 18.0. The van der Waals surface area contributed by atoms with E-state index in [0.717, 1.165) is 5.56 Å². The Labute approximate surface area is 182 Å². The summed E-state index contributed by atoms with van der Waals surface area (Å²) in [6.45, 7) is 2.13. The Morgan fingerprint density at radius 2 is 1.90 bits per heavy atom. The van der Waals surface area contributed by atoms with Gasteiger partial charge in [0.15, 0.2) is 11.6 Å². The van der Waals surface area contributed by atoms with E-state index in [4.69, 9.17) is 0 Å². The van der Waals surface area contributed by atoms with Gasteiger partial charge in [-0.15, -0.1) is 0 Å². The summed E-state index contributed by atoms with van der Waals surface area (Å²) in [6, 6.07) is 13.1. The van der Waals surface area contributed by atoms with E-state index in [1.165, 1.54) is 0 Å². The number of nitrogens with one attached hydrogen (secondary N) is 1. The van der Waals surface area contributed by atoms with Crippen LogP contribution in [0.3, 0.4) is 0 Å². The number of hydrogen-bond donors (Lipinski definition) is 1. The third-order valence-corrected chi connectivity index (χ3v) is 5.87. The van der Waals surface area contributed by atoms with Gasteiger partial charge < -0.3 is 5.32 Å². The zero-order valence-corrected chi connectivity index (χ0v) is 18.0. The summed E-state index contributed by atoms with van der Waals surface area (Å²) in [5.41, 5.74) is 2.53. The summed E-state index contributed by atoms with van der Waals surface area (Å²) in [4.78, 5) is 29.5. The molecule has 1 saturated heterocycles. The van der Waals surface area contributed by atoms with Crippen molar-refractivity contribution in [1.82, 2.24) is 10.3 Å². The lowest BCUT2D eigenvalue weighted by atomic mass is 9.88. The molecule has 0 aliphatic carbocycles. The van der Waals surface area contributed by atoms with Crippen LogP contribution in [0, 0.1) is 5.92 Å². The van der Waals surface area contributed by atoms with Gasteiger partial charge in [0.25, 0.3) is 5.92 Å². The highest BCUT2D eigenvalue weighted by molar-refractivity contribution is 6.00. The first-order valence-electron chi connectivity index (χ1n) is 11.1. The summed E-state index contributed by atoms with van der Waals surface area (Å²) >= 11 is 0. The van der Waals surface area contributed by atoms with E-state index in [1.54, 1.807) is 19.1 Å². The molecule has 2 heterocycles. The molecule has 31 heavy (non-hydrogen) atoms. The molecule has 2 aromatic rings. The summed E-state index contributed by atoms with van der Waals surface area (Å²) in [5.74, 6) is -3.46. The number of carbonyl (C=O) groups is 2. The molecule has 1 aliphatic heterocycles. The predicted molar refractivity (Wildman–Crippen MR) is 117 cm³/mol. The van der Waals surface area contributed by atoms with E-state index in [-0.39, 0.29) is 24.5 Å². The average molecular weight is 429 g/mol. The van der Waals surface area contributed by atoms with Gasteiger partial charge in [0.1, 0.15) is 5.69 Å². The van der Waals surface area contributed by atoms with Crippen molar-refractivity contribution in [3.63, 3.8) is 0 Å². The number of Topliss-reactive ketones (excluding diaryl/α,β-unsaturated/α-hetero) is 2. The molecule has 0 spiro atoms. The second-order valence-corrected chi connectivity index (χ2v) is 8.26. The standard InChI is InChI=1S/C25H30F2N2O2/c1-2-23(30)22-16-19(15-21(29-22)14-18-8-4-3-5-9-18)24(31)11-7-6-10-20-12-13-28-17-25(20,26)27/h3-5,8-9,15-16,20,28H,2,6-7,10-14,17H2,1H3. The molecule has 1 aromatic carbocycles. The van der Waals surface area contributed by atoms with Crippen molar-refractivity contribution in [3.8, 4) is 0 Å². The van der Waals surface area contributed by atoms with Gasteiger partial charge in [-0.05, 0) is 43.5 Å². The van der Waals surface area contributed by atoms with E-state index in [9.17, 15) is 18.4 Å². The Kier molecular flexibility index (Phi) is 8.02. The molecule has 3 rings (SSSR count). The Balaban J connectivity index is 1.63. The van der Waals surface area contributed by atoms with Gasteiger partial charge in [0, 0.05) is 36.4 Å². The number of unbranched alkanes of at least 4 members (excludes halogenated alkanes) is 1. The van der Waals surface area contributed by atoms with Crippen LogP contribution in [0.15, 0.2) is 42.5 Å². The van der Waals surface area contributed by atoms with Crippen LogP contribution in [0.25, 0.3) is 0 Å². The van der Waals surface area contributed by atoms with Crippen molar-refractivity contribution in [2.24, 2.45) is 5.92 Å². The predicted octanol–water partition coefficient (Wildman–Crippen LogP) is 5.25. The quantitative estimate of drug-likeness (QED) is 0.415. The lowest BCUT2D eigenvalue weighted by Crippen LogP contribution is -2.45. The summed E-state index contributed by atoms with van der Waals surface area (Å²) in [5, 5.41) is 2.74. The Morgan fingerprint density at radius 3 is 2.61 bits per heavy atom. The molecule has 0 bridgehead atoms. The number of piperidine rings is 1. The highest BCUT2D eigenvalue weighted by Crippen LogP contribution is 2.33. The van der Waals surface area contributed by atoms with Gasteiger partial charge in [-0.25, -0.2) is 13.8 Å². The lowest BCUT2D eigenvalue weighted by molar-refractivity contribution is -0.0765. The third kappa shape index (κ3) is 6.50.